The quantitative estimate of drug-likeness (QED) is 0.925. The van der Waals surface area contributed by atoms with E-state index in [-0.39, 0.29) is 0 Å². The SMILES string of the molecule is Cc1cc(N(C)CCC2CNCCO2)ccc1Br. The van der Waals surface area contributed by atoms with E-state index in [1.165, 1.54) is 15.7 Å². The molecule has 1 aromatic rings. The molecule has 0 saturated carbocycles. The van der Waals surface area contributed by atoms with Gasteiger partial charge in [-0.3, -0.25) is 0 Å². The molecule has 1 aromatic carbocycles. The van der Waals surface area contributed by atoms with E-state index in [9.17, 15) is 0 Å². The Bertz CT molecular complexity index is 391. The molecule has 2 rings (SSSR count). The van der Waals surface area contributed by atoms with E-state index in [1.807, 2.05) is 0 Å². The van der Waals surface area contributed by atoms with Gasteiger partial charge in [0, 0.05) is 36.8 Å². The Morgan fingerprint density at radius 1 is 1.50 bits per heavy atom. The number of hydrogen-bond donors (Lipinski definition) is 1. The van der Waals surface area contributed by atoms with Crippen LogP contribution in [0, 0.1) is 6.92 Å². The molecule has 1 saturated heterocycles. The third kappa shape index (κ3) is 3.70. The van der Waals surface area contributed by atoms with E-state index in [0.29, 0.717) is 6.10 Å². The minimum atomic E-state index is 0.359. The van der Waals surface area contributed by atoms with Crippen molar-refractivity contribution in [3.63, 3.8) is 0 Å². The Hall–Kier alpha value is -0.580. The lowest BCUT2D eigenvalue weighted by Crippen LogP contribution is -2.40. The molecule has 18 heavy (non-hydrogen) atoms. The summed E-state index contributed by atoms with van der Waals surface area (Å²) in [6, 6.07) is 6.47. The topological polar surface area (TPSA) is 24.5 Å². The van der Waals surface area contributed by atoms with Crippen LogP contribution in [0.15, 0.2) is 22.7 Å². The number of halogens is 1. The minimum Gasteiger partial charge on any atom is -0.376 e. The highest BCUT2D eigenvalue weighted by Gasteiger charge is 2.14. The minimum absolute atomic E-state index is 0.359. The van der Waals surface area contributed by atoms with Gasteiger partial charge in [-0.1, -0.05) is 15.9 Å². The molecule has 4 heteroatoms. The first-order valence-corrected chi connectivity index (χ1v) is 7.26. The first-order valence-electron chi connectivity index (χ1n) is 6.46. The van der Waals surface area contributed by atoms with Crippen LogP contribution < -0.4 is 10.2 Å². The maximum atomic E-state index is 5.71. The van der Waals surface area contributed by atoms with Gasteiger partial charge < -0.3 is 15.0 Å². The average Bonchev–Trinajstić information content (AvgIpc) is 2.40. The van der Waals surface area contributed by atoms with Crippen molar-refractivity contribution in [1.29, 1.82) is 0 Å². The summed E-state index contributed by atoms with van der Waals surface area (Å²) in [6.07, 6.45) is 1.43. The molecule has 0 radical (unpaired) electrons. The molecule has 1 fully saturated rings. The predicted octanol–water partition coefficient (Wildman–Crippen LogP) is 2.57. The summed E-state index contributed by atoms with van der Waals surface area (Å²) >= 11 is 3.53. The summed E-state index contributed by atoms with van der Waals surface area (Å²) in [7, 11) is 2.14. The zero-order chi connectivity index (χ0) is 13.0. The third-order valence-electron chi connectivity index (χ3n) is 3.37. The second kappa shape index (κ2) is 6.55. The normalized spacial score (nSPS) is 19.8. The molecule has 0 aromatic heterocycles. The summed E-state index contributed by atoms with van der Waals surface area (Å²) in [5.41, 5.74) is 2.54. The molecule has 1 unspecified atom stereocenters. The Morgan fingerprint density at radius 2 is 2.33 bits per heavy atom. The summed E-state index contributed by atoms with van der Waals surface area (Å²) < 4.78 is 6.88. The van der Waals surface area contributed by atoms with Crippen LogP contribution in [0.25, 0.3) is 0 Å². The van der Waals surface area contributed by atoms with Crippen LogP contribution in [0.5, 0.6) is 0 Å². The molecule has 100 valence electrons. The van der Waals surface area contributed by atoms with Crippen molar-refractivity contribution in [2.75, 3.05) is 38.2 Å². The predicted molar refractivity (Wildman–Crippen MR) is 79.4 cm³/mol. The van der Waals surface area contributed by atoms with Gasteiger partial charge in [0.05, 0.1) is 12.7 Å². The Kier molecular flexibility index (Phi) is 5.03. The van der Waals surface area contributed by atoms with E-state index in [4.69, 9.17) is 4.74 Å². The lowest BCUT2D eigenvalue weighted by Gasteiger charge is -2.27. The van der Waals surface area contributed by atoms with E-state index in [2.05, 4.69) is 58.3 Å². The highest BCUT2D eigenvalue weighted by molar-refractivity contribution is 9.10. The van der Waals surface area contributed by atoms with Crippen molar-refractivity contribution in [2.24, 2.45) is 0 Å². The summed E-state index contributed by atoms with van der Waals surface area (Å²) in [5.74, 6) is 0. The zero-order valence-corrected chi connectivity index (χ0v) is 12.7. The lowest BCUT2D eigenvalue weighted by atomic mass is 10.2. The number of nitrogens with zero attached hydrogens (tertiary/aromatic N) is 1. The van der Waals surface area contributed by atoms with Crippen LogP contribution >= 0.6 is 15.9 Å². The zero-order valence-electron chi connectivity index (χ0n) is 11.1. The van der Waals surface area contributed by atoms with Crippen LogP contribution in [0.1, 0.15) is 12.0 Å². The van der Waals surface area contributed by atoms with E-state index in [0.717, 1.165) is 32.7 Å². The number of benzene rings is 1. The van der Waals surface area contributed by atoms with Crippen LogP contribution in [0.2, 0.25) is 0 Å². The van der Waals surface area contributed by atoms with Gasteiger partial charge >= 0.3 is 0 Å². The van der Waals surface area contributed by atoms with Gasteiger partial charge in [0.15, 0.2) is 0 Å². The first kappa shape index (κ1) is 13.8. The molecule has 1 atom stereocenters. The average molecular weight is 313 g/mol. The van der Waals surface area contributed by atoms with Crippen LogP contribution in [0.4, 0.5) is 5.69 Å². The van der Waals surface area contributed by atoms with Gasteiger partial charge in [0.25, 0.3) is 0 Å². The van der Waals surface area contributed by atoms with Gasteiger partial charge in [0.1, 0.15) is 0 Å². The molecule has 0 amide bonds. The number of morpholine rings is 1. The highest BCUT2D eigenvalue weighted by atomic mass is 79.9. The van der Waals surface area contributed by atoms with Gasteiger partial charge in [0.2, 0.25) is 0 Å². The summed E-state index contributed by atoms with van der Waals surface area (Å²) in [5, 5.41) is 3.37. The fraction of sp³-hybridized carbons (Fsp3) is 0.571. The molecule has 1 N–H and O–H groups in total. The lowest BCUT2D eigenvalue weighted by molar-refractivity contribution is 0.0250. The van der Waals surface area contributed by atoms with Crippen LogP contribution in [-0.2, 0) is 4.74 Å². The smallest absolute Gasteiger partial charge is 0.0716 e. The first-order chi connectivity index (χ1) is 8.66. The summed E-state index contributed by atoms with van der Waals surface area (Å²) in [4.78, 5) is 2.29. The molecule has 1 aliphatic rings. The van der Waals surface area contributed by atoms with E-state index in [1.54, 1.807) is 0 Å². The van der Waals surface area contributed by atoms with Crippen molar-refractivity contribution in [1.82, 2.24) is 5.32 Å². The number of ether oxygens (including phenoxy) is 1. The standard InChI is InChI=1S/C14H21BrN2O/c1-11-9-12(3-4-14(11)15)17(2)7-5-13-10-16-6-8-18-13/h3-4,9,13,16H,5-8,10H2,1-2H3. The third-order valence-corrected chi connectivity index (χ3v) is 4.26. The maximum Gasteiger partial charge on any atom is 0.0716 e. The molecule has 1 aliphatic heterocycles. The highest BCUT2D eigenvalue weighted by Crippen LogP contribution is 2.22. The fourth-order valence-electron chi connectivity index (χ4n) is 2.14. The van der Waals surface area contributed by atoms with Gasteiger partial charge in [-0.15, -0.1) is 0 Å². The van der Waals surface area contributed by atoms with Crippen molar-refractivity contribution in [3.8, 4) is 0 Å². The Balaban J connectivity index is 1.86. The second-order valence-corrected chi connectivity index (χ2v) is 5.69. The molecule has 0 spiro atoms. The van der Waals surface area contributed by atoms with Gasteiger partial charge in [-0.05, 0) is 37.1 Å². The van der Waals surface area contributed by atoms with Gasteiger partial charge in [-0.25, -0.2) is 0 Å². The van der Waals surface area contributed by atoms with Gasteiger partial charge in [-0.2, -0.15) is 0 Å². The monoisotopic (exact) mass is 312 g/mol. The Labute approximate surface area is 118 Å². The number of nitrogens with one attached hydrogen (secondary N) is 1. The number of aryl methyl sites for hydroxylation is 1. The van der Waals surface area contributed by atoms with Crippen molar-refractivity contribution in [3.05, 3.63) is 28.2 Å². The van der Waals surface area contributed by atoms with Crippen molar-refractivity contribution >= 4 is 21.6 Å². The molecular formula is C14H21BrN2O. The van der Waals surface area contributed by atoms with Crippen LogP contribution in [0.3, 0.4) is 0 Å². The number of anilines is 1. The van der Waals surface area contributed by atoms with E-state index < -0.39 is 0 Å². The second-order valence-electron chi connectivity index (χ2n) is 4.84. The Morgan fingerprint density at radius 3 is 3.00 bits per heavy atom. The van der Waals surface area contributed by atoms with E-state index >= 15 is 0 Å². The summed E-state index contributed by atoms with van der Waals surface area (Å²) in [6.45, 7) is 5.94. The van der Waals surface area contributed by atoms with Crippen molar-refractivity contribution in [2.45, 2.75) is 19.4 Å². The maximum absolute atomic E-state index is 5.71. The molecule has 3 nitrogen and oxygen atoms in total. The molecular weight excluding hydrogens is 292 g/mol. The van der Waals surface area contributed by atoms with Crippen LogP contribution in [-0.4, -0.2) is 39.4 Å². The number of hydrogen-bond acceptors (Lipinski definition) is 3. The molecule has 0 aliphatic carbocycles. The molecule has 0 bridgehead atoms. The molecule has 1 heterocycles. The van der Waals surface area contributed by atoms with Crippen molar-refractivity contribution < 1.29 is 4.74 Å². The fourth-order valence-corrected chi connectivity index (χ4v) is 2.38. The largest absolute Gasteiger partial charge is 0.376 e. The number of rotatable bonds is 4.